The highest BCUT2D eigenvalue weighted by Gasteiger charge is 2.39. The average Bonchev–Trinajstić information content (AvgIpc) is 2.61. The highest BCUT2D eigenvalue weighted by molar-refractivity contribution is 6.03. The fraction of sp³-hybridized carbons (Fsp3) is 0.650. The molecule has 1 saturated heterocycles. The first-order chi connectivity index (χ1) is 11.5. The standard InChI is InChI=1S/C20H32N2O2/c1-5-11-20(12-6-2,21(3)4)19(23)17-7-9-18(10-8-17)22-13-15-24-16-14-22/h7-10H,5-6,11-16H2,1-4H3. The lowest BCUT2D eigenvalue weighted by molar-refractivity contribution is 0.0623. The van der Waals surface area contributed by atoms with Crippen molar-refractivity contribution in [2.75, 3.05) is 45.3 Å². The van der Waals surface area contributed by atoms with E-state index in [1.165, 1.54) is 5.69 Å². The monoisotopic (exact) mass is 332 g/mol. The van der Waals surface area contributed by atoms with Crippen LogP contribution in [0.5, 0.6) is 0 Å². The van der Waals surface area contributed by atoms with Crippen molar-refractivity contribution >= 4 is 11.5 Å². The number of ether oxygens (including phenoxy) is 1. The Morgan fingerprint density at radius 3 is 2.08 bits per heavy atom. The number of carbonyl (C=O) groups excluding carboxylic acids is 1. The predicted molar refractivity (Wildman–Crippen MR) is 100 cm³/mol. The summed E-state index contributed by atoms with van der Waals surface area (Å²) in [5.41, 5.74) is 1.61. The third kappa shape index (κ3) is 3.98. The molecule has 24 heavy (non-hydrogen) atoms. The molecular weight excluding hydrogens is 300 g/mol. The van der Waals surface area contributed by atoms with E-state index in [1.807, 2.05) is 26.2 Å². The molecular formula is C20H32N2O2. The van der Waals surface area contributed by atoms with E-state index in [-0.39, 0.29) is 11.3 Å². The van der Waals surface area contributed by atoms with Gasteiger partial charge >= 0.3 is 0 Å². The summed E-state index contributed by atoms with van der Waals surface area (Å²) in [6.07, 6.45) is 3.82. The molecule has 0 atom stereocenters. The van der Waals surface area contributed by atoms with E-state index in [1.54, 1.807) is 0 Å². The maximum absolute atomic E-state index is 13.3. The quantitative estimate of drug-likeness (QED) is 0.681. The predicted octanol–water partition coefficient (Wildman–Crippen LogP) is 3.61. The van der Waals surface area contributed by atoms with Crippen molar-refractivity contribution in [1.29, 1.82) is 0 Å². The molecule has 1 aromatic carbocycles. The van der Waals surface area contributed by atoms with Crippen molar-refractivity contribution in [3.63, 3.8) is 0 Å². The zero-order valence-corrected chi connectivity index (χ0v) is 15.7. The lowest BCUT2D eigenvalue weighted by Crippen LogP contribution is -2.51. The normalized spacial score (nSPS) is 15.8. The van der Waals surface area contributed by atoms with Gasteiger partial charge in [0.25, 0.3) is 0 Å². The number of likely N-dealkylation sites (N-methyl/N-ethyl adjacent to an activating group) is 1. The molecule has 2 rings (SSSR count). The highest BCUT2D eigenvalue weighted by atomic mass is 16.5. The van der Waals surface area contributed by atoms with Crippen LogP contribution in [0.25, 0.3) is 0 Å². The van der Waals surface area contributed by atoms with E-state index in [4.69, 9.17) is 4.74 Å². The molecule has 4 nitrogen and oxygen atoms in total. The Balaban J connectivity index is 2.22. The van der Waals surface area contributed by atoms with Gasteiger partial charge in [0.15, 0.2) is 5.78 Å². The smallest absolute Gasteiger partial charge is 0.183 e. The van der Waals surface area contributed by atoms with Gasteiger partial charge in [0.05, 0.1) is 18.8 Å². The molecule has 1 aliphatic heterocycles. The second-order valence-corrected chi connectivity index (χ2v) is 6.90. The Kier molecular flexibility index (Phi) is 6.81. The zero-order valence-electron chi connectivity index (χ0n) is 15.7. The maximum atomic E-state index is 13.3. The molecule has 134 valence electrons. The molecule has 0 aromatic heterocycles. The van der Waals surface area contributed by atoms with Crippen LogP contribution in [0.2, 0.25) is 0 Å². The summed E-state index contributed by atoms with van der Waals surface area (Å²) in [7, 11) is 4.07. The van der Waals surface area contributed by atoms with E-state index in [0.29, 0.717) is 0 Å². The molecule has 0 unspecified atom stereocenters. The van der Waals surface area contributed by atoms with E-state index in [9.17, 15) is 4.79 Å². The molecule has 4 heteroatoms. The van der Waals surface area contributed by atoms with Crippen molar-refractivity contribution in [2.45, 2.75) is 45.1 Å². The summed E-state index contributed by atoms with van der Waals surface area (Å²) in [4.78, 5) is 17.7. The van der Waals surface area contributed by atoms with Crippen LogP contribution in [-0.2, 0) is 4.74 Å². The van der Waals surface area contributed by atoms with Crippen LogP contribution in [0.1, 0.15) is 49.9 Å². The summed E-state index contributed by atoms with van der Waals surface area (Å²) in [5.74, 6) is 0.254. The Bertz CT molecular complexity index is 513. The molecule has 0 N–H and O–H groups in total. The topological polar surface area (TPSA) is 32.8 Å². The van der Waals surface area contributed by atoms with Gasteiger partial charge in [-0.1, -0.05) is 26.7 Å². The largest absolute Gasteiger partial charge is 0.378 e. The zero-order chi connectivity index (χ0) is 17.6. The van der Waals surface area contributed by atoms with Gasteiger partial charge in [0, 0.05) is 24.3 Å². The van der Waals surface area contributed by atoms with Crippen LogP contribution in [0.15, 0.2) is 24.3 Å². The van der Waals surface area contributed by atoms with Crippen LogP contribution in [0.3, 0.4) is 0 Å². The number of Topliss-reactive ketones (excluding diaryl/α,β-unsaturated/α-hetero) is 1. The Labute approximate surface area is 146 Å². The molecule has 0 radical (unpaired) electrons. The van der Waals surface area contributed by atoms with Gasteiger partial charge in [-0.25, -0.2) is 0 Å². The van der Waals surface area contributed by atoms with Crippen LogP contribution < -0.4 is 4.90 Å². The number of carbonyl (C=O) groups is 1. The molecule has 0 saturated carbocycles. The molecule has 0 aliphatic carbocycles. The number of hydrogen-bond acceptors (Lipinski definition) is 4. The van der Waals surface area contributed by atoms with E-state index in [2.05, 4.69) is 35.8 Å². The molecule has 1 heterocycles. The second kappa shape index (κ2) is 8.63. The van der Waals surface area contributed by atoms with Gasteiger partial charge in [-0.05, 0) is 51.2 Å². The number of morpholine rings is 1. The lowest BCUT2D eigenvalue weighted by atomic mass is 9.80. The lowest BCUT2D eigenvalue weighted by Gasteiger charge is -2.38. The van der Waals surface area contributed by atoms with E-state index in [0.717, 1.165) is 57.6 Å². The molecule has 1 aliphatic rings. The highest BCUT2D eigenvalue weighted by Crippen LogP contribution is 2.30. The summed E-state index contributed by atoms with van der Waals surface area (Å²) in [6, 6.07) is 8.15. The van der Waals surface area contributed by atoms with Gasteiger partial charge in [-0.15, -0.1) is 0 Å². The second-order valence-electron chi connectivity index (χ2n) is 6.90. The summed E-state index contributed by atoms with van der Waals surface area (Å²) < 4.78 is 5.41. The van der Waals surface area contributed by atoms with Crippen molar-refractivity contribution in [1.82, 2.24) is 4.90 Å². The Morgan fingerprint density at radius 1 is 1.08 bits per heavy atom. The third-order valence-electron chi connectivity index (χ3n) is 5.11. The number of benzene rings is 1. The summed E-state index contributed by atoms with van der Waals surface area (Å²) >= 11 is 0. The van der Waals surface area contributed by atoms with Gasteiger partial charge in [-0.2, -0.15) is 0 Å². The van der Waals surface area contributed by atoms with Crippen LogP contribution in [-0.4, -0.2) is 56.6 Å². The number of nitrogens with zero attached hydrogens (tertiary/aromatic N) is 2. The first-order valence-electron chi connectivity index (χ1n) is 9.20. The maximum Gasteiger partial charge on any atom is 0.183 e. The number of ketones is 1. The Hall–Kier alpha value is -1.39. The SMILES string of the molecule is CCCC(CCC)(C(=O)c1ccc(N2CCOCC2)cc1)N(C)C. The molecule has 0 amide bonds. The van der Waals surface area contributed by atoms with E-state index >= 15 is 0 Å². The van der Waals surface area contributed by atoms with Gasteiger partial charge < -0.3 is 9.64 Å². The minimum atomic E-state index is -0.385. The fourth-order valence-corrected chi connectivity index (χ4v) is 3.74. The van der Waals surface area contributed by atoms with Gasteiger partial charge in [0.1, 0.15) is 0 Å². The average molecular weight is 332 g/mol. The van der Waals surface area contributed by atoms with Crippen LogP contribution >= 0.6 is 0 Å². The fourth-order valence-electron chi connectivity index (χ4n) is 3.74. The van der Waals surface area contributed by atoms with Crippen molar-refractivity contribution < 1.29 is 9.53 Å². The molecule has 1 fully saturated rings. The molecule has 0 bridgehead atoms. The number of rotatable bonds is 8. The first-order valence-corrected chi connectivity index (χ1v) is 9.20. The number of hydrogen-bond donors (Lipinski definition) is 0. The minimum Gasteiger partial charge on any atom is -0.378 e. The Morgan fingerprint density at radius 2 is 1.62 bits per heavy atom. The number of anilines is 1. The third-order valence-corrected chi connectivity index (χ3v) is 5.11. The van der Waals surface area contributed by atoms with Crippen molar-refractivity contribution in [3.05, 3.63) is 29.8 Å². The van der Waals surface area contributed by atoms with Crippen LogP contribution in [0, 0.1) is 0 Å². The van der Waals surface area contributed by atoms with Crippen molar-refractivity contribution in [3.8, 4) is 0 Å². The molecule has 1 aromatic rings. The first kappa shape index (κ1) is 18.9. The van der Waals surface area contributed by atoms with E-state index < -0.39 is 0 Å². The molecule has 0 spiro atoms. The minimum absolute atomic E-state index is 0.254. The van der Waals surface area contributed by atoms with Crippen LogP contribution in [0.4, 0.5) is 5.69 Å². The van der Waals surface area contributed by atoms with Gasteiger partial charge in [0.2, 0.25) is 0 Å². The summed E-state index contributed by atoms with van der Waals surface area (Å²) in [5, 5.41) is 0. The summed E-state index contributed by atoms with van der Waals surface area (Å²) in [6.45, 7) is 7.70. The van der Waals surface area contributed by atoms with Gasteiger partial charge in [-0.3, -0.25) is 9.69 Å². The van der Waals surface area contributed by atoms with Crippen molar-refractivity contribution in [2.24, 2.45) is 0 Å².